The van der Waals surface area contributed by atoms with Crippen molar-refractivity contribution in [3.63, 3.8) is 0 Å². The van der Waals surface area contributed by atoms with Gasteiger partial charge in [0.15, 0.2) is 0 Å². The molecule has 0 heterocycles. The summed E-state index contributed by atoms with van der Waals surface area (Å²) < 4.78 is 25.1. The molecule has 0 aliphatic rings. The van der Waals surface area contributed by atoms with E-state index in [0.29, 0.717) is 13.2 Å². The summed E-state index contributed by atoms with van der Waals surface area (Å²) >= 11 is -1.87. The molecule has 0 saturated heterocycles. The molecule has 2 N–H and O–H groups in total. The Hall–Kier alpha value is 0.0300. The van der Waals surface area contributed by atoms with E-state index in [1.54, 1.807) is 7.11 Å². The number of rotatable bonds is 5. The van der Waals surface area contributed by atoms with Crippen molar-refractivity contribution in [1.29, 1.82) is 0 Å². The van der Waals surface area contributed by atoms with Crippen LogP contribution in [0.2, 0.25) is 0 Å². The van der Waals surface area contributed by atoms with Gasteiger partial charge in [-0.1, -0.05) is 0 Å². The highest BCUT2D eigenvalue weighted by Gasteiger charge is 1.89. The third-order valence-corrected chi connectivity index (χ3v) is 1.20. The maximum absolute atomic E-state index is 9.92. The second kappa shape index (κ2) is 6.15. The Morgan fingerprint density at radius 1 is 1.78 bits per heavy atom. The highest BCUT2D eigenvalue weighted by atomic mass is 32.2. The first-order valence-electron chi connectivity index (χ1n) is 2.60. The van der Waals surface area contributed by atoms with Gasteiger partial charge < -0.3 is 4.74 Å². The molecule has 0 aromatic heterocycles. The minimum Gasteiger partial charge on any atom is -0.385 e. The van der Waals surface area contributed by atoms with Crippen LogP contribution in [0.5, 0.6) is 0 Å². The summed E-state index contributed by atoms with van der Waals surface area (Å²) in [5.74, 6) is 0. The third kappa shape index (κ3) is 8.03. The van der Waals surface area contributed by atoms with Gasteiger partial charge in [0, 0.05) is 20.3 Å². The molecular weight excluding hydrogens is 142 g/mol. The van der Waals surface area contributed by atoms with Crippen molar-refractivity contribution < 1.29 is 13.5 Å². The van der Waals surface area contributed by atoms with Gasteiger partial charge in [-0.2, -0.15) is 0 Å². The van der Waals surface area contributed by atoms with Gasteiger partial charge >= 0.3 is 0 Å². The lowest BCUT2D eigenvalue weighted by atomic mass is 10.5. The van der Waals surface area contributed by atoms with Crippen molar-refractivity contribution in [3.8, 4) is 0 Å². The van der Waals surface area contributed by atoms with E-state index in [1.165, 1.54) is 0 Å². The topological polar surface area (TPSA) is 58.6 Å². The van der Waals surface area contributed by atoms with Crippen LogP contribution in [0, 0.1) is 0 Å². The van der Waals surface area contributed by atoms with Gasteiger partial charge in [-0.3, -0.25) is 4.55 Å². The van der Waals surface area contributed by atoms with Gasteiger partial charge in [-0.05, 0) is 6.42 Å². The van der Waals surface area contributed by atoms with Crippen molar-refractivity contribution >= 4 is 11.3 Å². The fourth-order valence-corrected chi connectivity index (χ4v) is 0.695. The summed E-state index contributed by atoms with van der Waals surface area (Å²) in [6.07, 6.45) is 0.753. The van der Waals surface area contributed by atoms with E-state index in [0.717, 1.165) is 6.42 Å². The Balaban J connectivity index is 2.83. The predicted octanol–water partition coefficient (Wildman–Crippen LogP) is -0.251. The summed E-state index contributed by atoms with van der Waals surface area (Å²) in [6, 6.07) is 0. The lowest BCUT2D eigenvalue weighted by Crippen LogP contribution is -2.18. The first-order chi connectivity index (χ1) is 4.27. The van der Waals surface area contributed by atoms with Crippen LogP contribution >= 0.6 is 0 Å². The van der Waals surface area contributed by atoms with E-state index >= 15 is 0 Å². The molecule has 5 heteroatoms. The highest BCUT2D eigenvalue weighted by Crippen LogP contribution is 1.76. The quantitative estimate of drug-likeness (QED) is 0.423. The minimum atomic E-state index is -1.87. The molecule has 0 radical (unpaired) electrons. The molecule has 0 aromatic rings. The highest BCUT2D eigenvalue weighted by molar-refractivity contribution is 7.77. The van der Waals surface area contributed by atoms with Crippen LogP contribution in [-0.2, 0) is 16.0 Å². The van der Waals surface area contributed by atoms with Gasteiger partial charge in [0.25, 0.3) is 0 Å². The van der Waals surface area contributed by atoms with Crippen molar-refractivity contribution in [2.75, 3.05) is 20.3 Å². The largest absolute Gasteiger partial charge is 0.385 e. The lowest BCUT2D eigenvalue weighted by Gasteiger charge is -1.97. The Morgan fingerprint density at radius 2 is 2.44 bits per heavy atom. The van der Waals surface area contributed by atoms with Crippen LogP contribution < -0.4 is 4.72 Å². The molecule has 0 aromatic carbocycles. The van der Waals surface area contributed by atoms with Gasteiger partial charge in [0.2, 0.25) is 11.3 Å². The Labute approximate surface area is 57.0 Å². The first kappa shape index (κ1) is 9.03. The van der Waals surface area contributed by atoms with E-state index in [-0.39, 0.29) is 0 Å². The van der Waals surface area contributed by atoms with Gasteiger partial charge in [0.05, 0.1) is 0 Å². The van der Waals surface area contributed by atoms with Gasteiger partial charge in [-0.25, -0.2) is 8.93 Å². The summed E-state index contributed by atoms with van der Waals surface area (Å²) in [6.45, 7) is 1.13. The van der Waals surface area contributed by atoms with E-state index in [1.807, 2.05) is 0 Å². The summed E-state index contributed by atoms with van der Waals surface area (Å²) in [5, 5.41) is 0. The second-order valence-electron chi connectivity index (χ2n) is 1.49. The van der Waals surface area contributed by atoms with Crippen LogP contribution in [0.25, 0.3) is 0 Å². The molecule has 0 aliphatic carbocycles. The smallest absolute Gasteiger partial charge is 0.231 e. The molecule has 4 nitrogen and oxygen atoms in total. The molecule has 1 atom stereocenters. The minimum absolute atomic E-state index is 0.511. The van der Waals surface area contributed by atoms with E-state index in [4.69, 9.17) is 9.29 Å². The fraction of sp³-hybridized carbons (Fsp3) is 1.00. The average Bonchev–Trinajstić information content (AvgIpc) is 1.80. The first-order valence-corrected chi connectivity index (χ1v) is 3.71. The SMILES string of the molecule is COCCCNS(=O)O. The van der Waals surface area contributed by atoms with Crippen LogP contribution in [0.1, 0.15) is 6.42 Å². The lowest BCUT2D eigenvalue weighted by molar-refractivity contribution is 0.196. The zero-order valence-corrected chi connectivity index (χ0v) is 6.11. The third-order valence-electron chi connectivity index (χ3n) is 0.751. The Bertz CT molecular complexity index is 87.9. The van der Waals surface area contributed by atoms with E-state index in [9.17, 15) is 4.21 Å². The number of hydrogen-bond acceptors (Lipinski definition) is 2. The van der Waals surface area contributed by atoms with Crippen LogP contribution in [0.3, 0.4) is 0 Å². The number of nitrogens with one attached hydrogen (secondary N) is 1. The van der Waals surface area contributed by atoms with Crippen molar-refractivity contribution in [2.45, 2.75) is 6.42 Å². The summed E-state index contributed by atoms with van der Waals surface area (Å²) in [4.78, 5) is 0. The maximum Gasteiger partial charge on any atom is 0.231 e. The molecule has 0 spiro atoms. The molecule has 0 saturated carbocycles. The van der Waals surface area contributed by atoms with Crippen molar-refractivity contribution in [2.24, 2.45) is 0 Å². The molecule has 0 amide bonds. The molecule has 0 fully saturated rings. The molecular formula is C4H11NO3S. The number of methoxy groups -OCH3 is 1. The summed E-state index contributed by atoms with van der Waals surface area (Å²) in [7, 11) is 1.59. The molecule has 0 rings (SSSR count). The van der Waals surface area contributed by atoms with E-state index < -0.39 is 11.3 Å². The molecule has 56 valence electrons. The molecule has 1 unspecified atom stereocenters. The van der Waals surface area contributed by atoms with Crippen LogP contribution in [0.15, 0.2) is 0 Å². The zero-order chi connectivity index (χ0) is 7.11. The monoisotopic (exact) mass is 153 g/mol. The fourth-order valence-electron chi connectivity index (χ4n) is 0.376. The molecule has 9 heavy (non-hydrogen) atoms. The molecule has 0 bridgehead atoms. The van der Waals surface area contributed by atoms with Crippen LogP contribution in [-0.4, -0.2) is 29.0 Å². The maximum atomic E-state index is 9.92. The zero-order valence-electron chi connectivity index (χ0n) is 5.29. The van der Waals surface area contributed by atoms with Crippen molar-refractivity contribution in [3.05, 3.63) is 0 Å². The van der Waals surface area contributed by atoms with Gasteiger partial charge in [-0.15, -0.1) is 0 Å². The average molecular weight is 153 g/mol. The normalized spacial score (nSPS) is 13.6. The summed E-state index contributed by atoms with van der Waals surface area (Å²) in [5.41, 5.74) is 0. The van der Waals surface area contributed by atoms with Crippen molar-refractivity contribution in [1.82, 2.24) is 4.72 Å². The Kier molecular flexibility index (Phi) is 6.18. The standard InChI is InChI=1S/C4H11NO3S/c1-8-4-2-3-5-9(6)7/h5H,2-4H2,1H3,(H,6,7). The predicted molar refractivity (Wildman–Crippen MR) is 35.3 cm³/mol. The van der Waals surface area contributed by atoms with E-state index in [2.05, 4.69) is 4.72 Å². The molecule has 0 aliphatic heterocycles. The number of hydrogen-bond donors (Lipinski definition) is 2. The van der Waals surface area contributed by atoms with Gasteiger partial charge in [0.1, 0.15) is 0 Å². The second-order valence-corrected chi connectivity index (χ2v) is 2.28. The number of ether oxygens (including phenoxy) is 1. The van der Waals surface area contributed by atoms with Crippen LogP contribution in [0.4, 0.5) is 0 Å². The Morgan fingerprint density at radius 3 is 2.89 bits per heavy atom.